The summed E-state index contributed by atoms with van der Waals surface area (Å²) in [5.74, 6) is 0.626. The van der Waals surface area contributed by atoms with E-state index in [9.17, 15) is 0 Å². The highest BCUT2D eigenvalue weighted by Gasteiger charge is 1.95. The van der Waals surface area contributed by atoms with Gasteiger partial charge in [0.25, 0.3) is 0 Å². The van der Waals surface area contributed by atoms with Gasteiger partial charge in [-0.15, -0.1) is 0 Å². The molecule has 0 aromatic heterocycles. The first-order valence-electron chi connectivity index (χ1n) is 3.62. The maximum atomic E-state index is 3.82. The predicted molar refractivity (Wildman–Crippen MR) is 45.0 cm³/mol. The van der Waals surface area contributed by atoms with Crippen LogP contribution in [0.3, 0.4) is 0 Å². The van der Waals surface area contributed by atoms with Crippen molar-refractivity contribution in [2.45, 2.75) is 19.8 Å². The third-order valence-corrected chi connectivity index (χ3v) is 1.65. The van der Waals surface area contributed by atoms with Gasteiger partial charge in [0.15, 0.2) is 0 Å². The number of hydrogen-bond donors (Lipinski definition) is 0. The summed E-state index contributed by atoms with van der Waals surface area (Å²) in [4.78, 5) is 0. The van der Waals surface area contributed by atoms with Crippen LogP contribution >= 0.6 is 0 Å². The molecule has 0 heterocycles. The average molecular weight is 133 g/mol. The van der Waals surface area contributed by atoms with Gasteiger partial charge < -0.3 is 0 Å². The van der Waals surface area contributed by atoms with Gasteiger partial charge in [0.2, 0.25) is 0 Å². The van der Waals surface area contributed by atoms with E-state index in [1.807, 2.05) is 0 Å². The number of hydrogen-bond acceptors (Lipinski definition) is 0. The first-order chi connectivity index (χ1) is 4.70. The SMILES string of the molecule is [CH2]c1ccc(C(C)C)cc1. The normalized spacial score (nSPS) is 10.4. The van der Waals surface area contributed by atoms with Crippen molar-refractivity contribution in [2.24, 2.45) is 0 Å². The van der Waals surface area contributed by atoms with Crippen LogP contribution in [0.15, 0.2) is 24.3 Å². The van der Waals surface area contributed by atoms with Crippen LogP contribution in [0.5, 0.6) is 0 Å². The maximum absolute atomic E-state index is 3.82. The molecule has 1 aromatic rings. The van der Waals surface area contributed by atoms with Gasteiger partial charge >= 0.3 is 0 Å². The van der Waals surface area contributed by atoms with Gasteiger partial charge in [-0.05, 0) is 24.0 Å². The van der Waals surface area contributed by atoms with Crippen LogP contribution in [0.25, 0.3) is 0 Å². The molecular weight excluding hydrogens is 120 g/mol. The third kappa shape index (κ3) is 1.60. The fraction of sp³-hybridized carbons (Fsp3) is 0.300. The Balaban J connectivity index is 2.89. The van der Waals surface area contributed by atoms with E-state index in [2.05, 4.69) is 45.0 Å². The Labute approximate surface area is 62.9 Å². The molecular formula is C10H13. The highest BCUT2D eigenvalue weighted by atomic mass is 14.0. The minimum Gasteiger partial charge on any atom is -0.0587 e. The van der Waals surface area contributed by atoms with E-state index >= 15 is 0 Å². The Morgan fingerprint density at radius 1 is 1.10 bits per heavy atom. The summed E-state index contributed by atoms with van der Waals surface area (Å²) >= 11 is 0. The van der Waals surface area contributed by atoms with Crippen LogP contribution in [0.2, 0.25) is 0 Å². The highest BCUT2D eigenvalue weighted by Crippen LogP contribution is 2.13. The highest BCUT2D eigenvalue weighted by molar-refractivity contribution is 5.25. The van der Waals surface area contributed by atoms with E-state index in [4.69, 9.17) is 0 Å². The molecule has 0 atom stereocenters. The second kappa shape index (κ2) is 2.87. The Kier molecular flexibility index (Phi) is 2.10. The topological polar surface area (TPSA) is 0 Å². The zero-order valence-corrected chi connectivity index (χ0v) is 6.59. The summed E-state index contributed by atoms with van der Waals surface area (Å²) in [5, 5.41) is 0. The van der Waals surface area contributed by atoms with Crippen molar-refractivity contribution < 1.29 is 0 Å². The number of benzene rings is 1. The fourth-order valence-corrected chi connectivity index (χ4v) is 0.903. The molecule has 1 radical (unpaired) electrons. The molecule has 0 spiro atoms. The molecule has 0 aliphatic carbocycles. The fourth-order valence-electron chi connectivity index (χ4n) is 0.903. The van der Waals surface area contributed by atoms with Crippen molar-refractivity contribution >= 4 is 0 Å². The molecule has 0 saturated heterocycles. The summed E-state index contributed by atoms with van der Waals surface area (Å²) < 4.78 is 0. The summed E-state index contributed by atoms with van der Waals surface area (Å²) in [5.41, 5.74) is 2.47. The molecule has 0 aliphatic rings. The van der Waals surface area contributed by atoms with Gasteiger partial charge in [0.1, 0.15) is 0 Å². The van der Waals surface area contributed by atoms with E-state index < -0.39 is 0 Å². The molecule has 0 saturated carbocycles. The monoisotopic (exact) mass is 133 g/mol. The van der Waals surface area contributed by atoms with E-state index in [1.54, 1.807) is 0 Å². The molecule has 10 heavy (non-hydrogen) atoms. The quantitative estimate of drug-likeness (QED) is 0.552. The van der Waals surface area contributed by atoms with E-state index in [1.165, 1.54) is 5.56 Å². The van der Waals surface area contributed by atoms with Gasteiger partial charge in [-0.2, -0.15) is 0 Å². The van der Waals surface area contributed by atoms with Gasteiger partial charge in [-0.25, -0.2) is 0 Å². The lowest BCUT2D eigenvalue weighted by Crippen LogP contribution is -1.85. The van der Waals surface area contributed by atoms with Gasteiger partial charge in [-0.1, -0.05) is 38.1 Å². The summed E-state index contributed by atoms with van der Waals surface area (Å²) in [7, 11) is 0. The van der Waals surface area contributed by atoms with Gasteiger partial charge in [-0.3, -0.25) is 0 Å². The van der Waals surface area contributed by atoms with Crippen LogP contribution in [0.4, 0.5) is 0 Å². The Hall–Kier alpha value is -0.780. The molecule has 0 N–H and O–H groups in total. The van der Waals surface area contributed by atoms with Gasteiger partial charge in [0.05, 0.1) is 0 Å². The van der Waals surface area contributed by atoms with Crippen molar-refractivity contribution in [2.75, 3.05) is 0 Å². The zero-order valence-electron chi connectivity index (χ0n) is 6.59. The van der Waals surface area contributed by atoms with Crippen LogP contribution in [-0.2, 0) is 0 Å². The van der Waals surface area contributed by atoms with Crippen molar-refractivity contribution in [3.63, 3.8) is 0 Å². The van der Waals surface area contributed by atoms with E-state index in [0.717, 1.165) is 5.56 Å². The third-order valence-electron chi connectivity index (χ3n) is 1.65. The van der Waals surface area contributed by atoms with Crippen LogP contribution in [-0.4, -0.2) is 0 Å². The lowest BCUT2D eigenvalue weighted by atomic mass is 10.0. The summed E-state index contributed by atoms with van der Waals surface area (Å²) in [6.07, 6.45) is 0. The summed E-state index contributed by atoms with van der Waals surface area (Å²) in [6, 6.07) is 8.37. The Bertz CT molecular complexity index is 194. The minimum atomic E-state index is 0.626. The molecule has 53 valence electrons. The van der Waals surface area contributed by atoms with Crippen molar-refractivity contribution in [3.8, 4) is 0 Å². The number of rotatable bonds is 1. The Morgan fingerprint density at radius 2 is 1.60 bits per heavy atom. The molecule has 1 rings (SSSR count). The maximum Gasteiger partial charge on any atom is -0.0219 e. The molecule has 0 aliphatic heterocycles. The minimum absolute atomic E-state index is 0.626. The Morgan fingerprint density at radius 3 is 2.00 bits per heavy atom. The largest absolute Gasteiger partial charge is 0.0587 e. The van der Waals surface area contributed by atoms with Crippen LogP contribution < -0.4 is 0 Å². The lowest BCUT2D eigenvalue weighted by molar-refractivity contribution is 0.866. The van der Waals surface area contributed by atoms with Crippen molar-refractivity contribution in [1.29, 1.82) is 0 Å². The second-order valence-electron chi connectivity index (χ2n) is 2.90. The molecule has 0 nitrogen and oxygen atoms in total. The predicted octanol–water partition coefficient (Wildman–Crippen LogP) is 2.99. The van der Waals surface area contributed by atoms with Crippen molar-refractivity contribution in [3.05, 3.63) is 42.3 Å². The first kappa shape index (κ1) is 7.33. The van der Waals surface area contributed by atoms with Crippen molar-refractivity contribution in [1.82, 2.24) is 0 Å². The van der Waals surface area contributed by atoms with E-state index in [-0.39, 0.29) is 0 Å². The molecule has 0 unspecified atom stereocenters. The average Bonchev–Trinajstić information content (AvgIpc) is 1.88. The molecule has 0 amide bonds. The van der Waals surface area contributed by atoms with Gasteiger partial charge in [0, 0.05) is 0 Å². The zero-order chi connectivity index (χ0) is 7.56. The molecule has 0 fully saturated rings. The van der Waals surface area contributed by atoms with Crippen LogP contribution in [0, 0.1) is 6.92 Å². The second-order valence-corrected chi connectivity index (χ2v) is 2.90. The van der Waals surface area contributed by atoms with Crippen LogP contribution in [0.1, 0.15) is 30.9 Å². The molecule has 0 heteroatoms. The summed E-state index contributed by atoms with van der Waals surface area (Å²) in [6.45, 7) is 8.21. The lowest BCUT2D eigenvalue weighted by Gasteiger charge is -2.03. The first-order valence-corrected chi connectivity index (χ1v) is 3.62. The molecule has 0 bridgehead atoms. The smallest absolute Gasteiger partial charge is 0.0219 e. The standard InChI is InChI=1S/C10H13/c1-8(2)10-6-4-9(3)5-7-10/h4-8H,3H2,1-2H3. The molecule has 1 aromatic carbocycles. The van der Waals surface area contributed by atoms with E-state index in [0.29, 0.717) is 5.92 Å².